The van der Waals surface area contributed by atoms with Crippen LogP contribution in [-0.4, -0.2) is 60.0 Å². The van der Waals surface area contributed by atoms with Gasteiger partial charge in [0.2, 0.25) is 11.8 Å². The Hall–Kier alpha value is -2.87. The van der Waals surface area contributed by atoms with Crippen LogP contribution in [0, 0.1) is 25.7 Å². The van der Waals surface area contributed by atoms with E-state index in [2.05, 4.69) is 10.3 Å². The third-order valence-electron chi connectivity index (χ3n) is 6.96. The molecule has 0 radical (unpaired) electrons. The molecule has 1 atom stereocenters. The Morgan fingerprint density at radius 2 is 1.91 bits per heavy atom. The number of nitrogens with zero attached hydrogens (tertiary/aromatic N) is 3. The molecule has 0 saturated carbocycles. The summed E-state index contributed by atoms with van der Waals surface area (Å²) in [6.45, 7) is 6.42. The molecule has 0 aliphatic carbocycles. The van der Waals surface area contributed by atoms with E-state index in [9.17, 15) is 14.4 Å². The number of hydrogen-bond acceptors (Lipinski definition) is 5. The molecule has 0 spiro atoms. The zero-order chi connectivity index (χ0) is 24.2. The first kappa shape index (κ1) is 24.3. The summed E-state index contributed by atoms with van der Waals surface area (Å²) in [6, 6.07) is 9.60. The number of nitrogens with one attached hydrogen (secondary N) is 1. The number of carbonyl (C=O) groups excluding carboxylic acids is 3. The minimum absolute atomic E-state index is 0.00441. The molecule has 2 saturated heterocycles. The quantitative estimate of drug-likeness (QED) is 0.641. The van der Waals surface area contributed by atoms with Crippen molar-refractivity contribution in [1.82, 2.24) is 15.2 Å². The van der Waals surface area contributed by atoms with Gasteiger partial charge in [-0.25, -0.2) is 4.98 Å². The molecule has 2 aliphatic rings. The number of likely N-dealkylation sites (tertiary alicyclic amines) is 1. The van der Waals surface area contributed by atoms with Crippen LogP contribution >= 0.6 is 11.8 Å². The number of carbonyl (C=O) groups is 3. The van der Waals surface area contributed by atoms with Crippen LogP contribution in [0.5, 0.6) is 0 Å². The zero-order valence-corrected chi connectivity index (χ0v) is 20.9. The first-order chi connectivity index (χ1) is 16.4. The van der Waals surface area contributed by atoms with Crippen molar-refractivity contribution >= 4 is 35.2 Å². The highest BCUT2D eigenvalue weighted by Crippen LogP contribution is 2.27. The van der Waals surface area contributed by atoms with E-state index in [1.807, 2.05) is 49.3 Å². The molecular formula is C26H32N4O3S. The van der Waals surface area contributed by atoms with E-state index in [-0.39, 0.29) is 30.1 Å². The molecule has 34 heavy (non-hydrogen) atoms. The van der Waals surface area contributed by atoms with E-state index in [1.54, 1.807) is 17.2 Å². The van der Waals surface area contributed by atoms with E-state index in [0.29, 0.717) is 37.7 Å². The van der Waals surface area contributed by atoms with Gasteiger partial charge in [-0.05, 0) is 74.3 Å². The van der Waals surface area contributed by atoms with Gasteiger partial charge in [0.25, 0.3) is 5.91 Å². The van der Waals surface area contributed by atoms with Crippen molar-refractivity contribution in [3.05, 3.63) is 53.2 Å². The highest BCUT2D eigenvalue weighted by molar-refractivity contribution is 7.98. The van der Waals surface area contributed by atoms with Gasteiger partial charge in [0.05, 0.1) is 11.5 Å². The number of amides is 3. The Bertz CT molecular complexity index is 1080. The van der Waals surface area contributed by atoms with Gasteiger partial charge in [0.15, 0.2) is 0 Å². The molecule has 7 nitrogen and oxygen atoms in total. The second kappa shape index (κ2) is 10.6. The minimum atomic E-state index is -0.327. The highest BCUT2D eigenvalue weighted by atomic mass is 32.2. The summed E-state index contributed by atoms with van der Waals surface area (Å²) < 4.78 is 0. The maximum Gasteiger partial charge on any atom is 0.256 e. The molecule has 1 aromatic heterocycles. The fraction of sp³-hybridized carbons (Fsp3) is 0.462. The Kier molecular flexibility index (Phi) is 7.56. The summed E-state index contributed by atoms with van der Waals surface area (Å²) >= 11 is 1.48. The second-order valence-electron chi connectivity index (χ2n) is 9.21. The van der Waals surface area contributed by atoms with Crippen LogP contribution in [0.1, 0.15) is 40.7 Å². The largest absolute Gasteiger partial charge is 0.356 e. The SMILES string of the molecule is CSc1ncccc1C(=O)N1CCC(CNC(=O)[C@@H]2CC(=O)N(c3ccc(C)c(C)c3)C2)CC1. The van der Waals surface area contributed by atoms with Crippen LogP contribution in [0.15, 0.2) is 41.6 Å². The molecule has 2 aromatic rings. The Morgan fingerprint density at radius 3 is 2.62 bits per heavy atom. The lowest BCUT2D eigenvalue weighted by molar-refractivity contribution is -0.126. The van der Waals surface area contributed by atoms with Gasteiger partial charge in [-0.1, -0.05) is 6.07 Å². The number of benzene rings is 1. The Balaban J connectivity index is 1.25. The number of aromatic nitrogens is 1. The number of pyridine rings is 1. The van der Waals surface area contributed by atoms with Crippen molar-refractivity contribution in [1.29, 1.82) is 0 Å². The van der Waals surface area contributed by atoms with Crippen molar-refractivity contribution < 1.29 is 14.4 Å². The molecule has 3 amide bonds. The van der Waals surface area contributed by atoms with Crippen LogP contribution in [0.4, 0.5) is 5.69 Å². The first-order valence-electron chi connectivity index (χ1n) is 11.8. The van der Waals surface area contributed by atoms with Gasteiger partial charge in [-0.3, -0.25) is 14.4 Å². The molecule has 4 rings (SSSR count). The maximum absolute atomic E-state index is 12.9. The summed E-state index contributed by atoms with van der Waals surface area (Å²) in [4.78, 5) is 46.2. The third-order valence-corrected chi connectivity index (χ3v) is 7.67. The van der Waals surface area contributed by atoms with Crippen LogP contribution in [0.2, 0.25) is 0 Å². The van der Waals surface area contributed by atoms with Crippen molar-refractivity contribution in [3.63, 3.8) is 0 Å². The van der Waals surface area contributed by atoms with Gasteiger partial charge >= 0.3 is 0 Å². The van der Waals surface area contributed by atoms with Gasteiger partial charge in [-0.2, -0.15) is 0 Å². The molecule has 0 unspecified atom stereocenters. The van der Waals surface area contributed by atoms with Crippen molar-refractivity contribution in [2.75, 3.05) is 37.3 Å². The van der Waals surface area contributed by atoms with Gasteiger partial charge in [0.1, 0.15) is 5.03 Å². The monoisotopic (exact) mass is 480 g/mol. The van der Waals surface area contributed by atoms with E-state index < -0.39 is 0 Å². The summed E-state index contributed by atoms with van der Waals surface area (Å²) in [5.41, 5.74) is 3.83. The third kappa shape index (κ3) is 5.27. The fourth-order valence-corrected chi connectivity index (χ4v) is 5.18. The average Bonchev–Trinajstić information content (AvgIpc) is 3.25. The van der Waals surface area contributed by atoms with E-state index in [1.165, 1.54) is 17.3 Å². The van der Waals surface area contributed by atoms with E-state index in [0.717, 1.165) is 29.1 Å². The minimum Gasteiger partial charge on any atom is -0.356 e. The molecule has 1 N–H and O–H groups in total. The van der Waals surface area contributed by atoms with Gasteiger partial charge in [-0.15, -0.1) is 11.8 Å². The highest BCUT2D eigenvalue weighted by Gasteiger charge is 2.35. The fourth-order valence-electron chi connectivity index (χ4n) is 4.64. The first-order valence-corrected chi connectivity index (χ1v) is 13.0. The molecule has 2 fully saturated rings. The van der Waals surface area contributed by atoms with Crippen LogP contribution in [0.3, 0.4) is 0 Å². The smallest absolute Gasteiger partial charge is 0.256 e. The predicted octanol–water partition coefficient (Wildman–Crippen LogP) is 3.44. The molecule has 2 aliphatic heterocycles. The molecule has 1 aromatic carbocycles. The number of rotatable bonds is 6. The second-order valence-corrected chi connectivity index (χ2v) is 10.0. The van der Waals surface area contributed by atoms with Crippen LogP contribution in [0.25, 0.3) is 0 Å². The van der Waals surface area contributed by atoms with E-state index >= 15 is 0 Å². The summed E-state index contributed by atoms with van der Waals surface area (Å²) in [6.07, 6.45) is 5.57. The standard InChI is InChI=1S/C26H32N4O3S/c1-17-6-7-21(13-18(17)2)30-16-20(14-23(30)31)24(32)28-15-19-8-11-29(12-9-19)26(33)22-5-4-10-27-25(22)34-3/h4-7,10,13,19-20H,8-9,11-12,14-16H2,1-3H3,(H,28,32)/t20-/m1/s1. The maximum atomic E-state index is 12.9. The molecule has 180 valence electrons. The van der Waals surface area contributed by atoms with Crippen LogP contribution in [-0.2, 0) is 9.59 Å². The lowest BCUT2D eigenvalue weighted by atomic mass is 9.96. The topological polar surface area (TPSA) is 82.6 Å². The van der Waals surface area contributed by atoms with Crippen molar-refractivity contribution in [2.45, 2.75) is 38.1 Å². The molecular weight excluding hydrogens is 448 g/mol. The number of aryl methyl sites for hydroxylation is 2. The number of piperidine rings is 1. The summed E-state index contributed by atoms with van der Waals surface area (Å²) in [7, 11) is 0. The molecule has 3 heterocycles. The predicted molar refractivity (Wildman–Crippen MR) is 134 cm³/mol. The zero-order valence-electron chi connectivity index (χ0n) is 20.0. The van der Waals surface area contributed by atoms with Crippen LogP contribution < -0.4 is 10.2 Å². The van der Waals surface area contributed by atoms with Gasteiger partial charge in [0, 0.05) is 44.5 Å². The number of hydrogen-bond donors (Lipinski definition) is 1. The average molecular weight is 481 g/mol. The summed E-state index contributed by atoms with van der Waals surface area (Å²) in [5.74, 6) is -0.0366. The van der Waals surface area contributed by atoms with Crippen molar-refractivity contribution in [2.24, 2.45) is 11.8 Å². The summed E-state index contributed by atoms with van der Waals surface area (Å²) in [5, 5.41) is 3.82. The Morgan fingerprint density at radius 1 is 1.15 bits per heavy atom. The normalized spacial score (nSPS) is 18.9. The Labute approximate surface area is 205 Å². The van der Waals surface area contributed by atoms with Crippen molar-refractivity contribution in [3.8, 4) is 0 Å². The molecule has 0 bridgehead atoms. The number of anilines is 1. The molecule has 8 heteroatoms. The van der Waals surface area contributed by atoms with E-state index in [4.69, 9.17) is 0 Å². The number of thioether (sulfide) groups is 1. The lowest BCUT2D eigenvalue weighted by Gasteiger charge is -2.32. The van der Waals surface area contributed by atoms with Gasteiger partial charge < -0.3 is 15.1 Å². The lowest BCUT2D eigenvalue weighted by Crippen LogP contribution is -2.42.